The lowest BCUT2D eigenvalue weighted by atomic mass is 9.93. The second-order valence-electron chi connectivity index (χ2n) is 6.23. The third-order valence-electron chi connectivity index (χ3n) is 5.09. The Morgan fingerprint density at radius 3 is 2.04 bits per heavy atom. The molecule has 0 aliphatic rings. The molecule has 0 aliphatic heterocycles. The number of hydrogen-bond acceptors (Lipinski definition) is 4. The fraction of sp³-hybridized carbons (Fsp3) is 0.200. The first-order chi connectivity index (χ1) is 11.4. The van der Waals surface area contributed by atoms with Gasteiger partial charge >= 0.3 is 11.3 Å². The average Bonchev–Trinajstić information content (AvgIpc) is 2.57. The zero-order valence-electron chi connectivity index (χ0n) is 13.9. The summed E-state index contributed by atoms with van der Waals surface area (Å²) in [5.74, 6) is 0. The van der Waals surface area contributed by atoms with E-state index in [0.717, 1.165) is 22.3 Å². The van der Waals surface area contributed by atoms with Crippen molar-refractivity contribution < 1.29 is 8.83 Å². The molecule has 4 rings (SSSR count). The van der Waals surface area contributed by atoms with Gasteiger partial charge in [-0.05, 0) is 56.0 Å². The number of para-hydroxylation sites is 1. The van der Waals surface area contributed by atoms with Crippen molar-refractivity contribution in [3.8, 4) is 0 Å². The molecule has 2 aromatic heterocycles. The van der Waals surface area contributed by atoms with Gasteiger partial charge in [-0.25, -0.2) is 9.59 Å². The normalized spacial score (nSPS) is 11.7. The summed E-state index contributed by atoms with van der Waals surface area (Å²) in [6.07, 6.45) is 0. The minimum absolute atomic E-state index is 0.292. The maximum atomic E-state index is 12.7. The lowest BCUT2D eigenvalue weighted by Crippen LogP contribution is -2.11. The summed E-state index contributed by atoms with van der Waals surface area (Å²) in [6.45, 7) is 7.85. The summed E-state index contributed by atoms with van der Waals surface area (Å²) in [7, 11) is 0. The molecule has 24 heavy (non-hydrogen) atoms. The molecule has 0 bridgehead atoms. The highest BCUT2D eigenvalue weighted by Gasteiger charge is 2.20. The van der Waals surface area contributed by atoms with E-state index in [1.807, 2.05) is 33.8 Å². The van der Waals surface area contributed by atoms with Gasteiger partial charge in [0.25, 0.3) is 0 Å². The van der Waals surface area contributed by atoms with Gasteiger partial charge in [-0.15, -0.1) is 0 Å². The quantitative estimate of drug-likeness (QED) is 0.358. The average molecular weight is 320 g/mol. The van der Waals surface area contributed by atoms with Crippen LogP contribution in [0.5, 0.6) is 0 Å². The summed E-state index contributed by atoms with van der Waals surface area (Å²) in [5, 5.41) is 1.87. The van der Waals surface area contributed by atoms with Crippen molar-refractivity contribution in [3.63, 3.8) is 0 Å². The van der Waals surface area contributed by atoms with Crippen LogP contribution in [-0.4, -0.2) is 0 Å². The molecule has 0 N–H and O–H groups in total. The summed E-state index contributed by atoms with van der Waals surface area (Å²) in [6, 6.07) is 7.03. The van der Waals surface area contributed by atoms with Gasteiger partial charge in [0.15, 0.2) is 0 Å². The van der Waals surface area contributed by atoms with Crippen LogP contribution in [0.25, 0.3) is 32.7 Å². The van der Waals surface area contributed by atoms with Crippen LogP contribution >= 0.6 is 0 Å². The third-order valence-corrected chi connectivity index (χ3v) is 5.09. The SMILES string of the molecule is Cc1c(C)c(C)c2c(oc(=O)c3c4ccccc4oc(=O)c23)c1C. The zero-order chi connectivity index (χ0) is 17.2. The Balaban J connectivity index is 2.48. The molecule has 0 atom stereocenters. The van der Waals surface area contributed by atoms with Gasteiger partial charge in [0.05, 0.1) is 10.8 Å². The molecular formula is C20H16O4. The van der Waals surface area contributed by atoms with Crippen LogP contribution < -0.4 is 11.3 Å². The topological polar surface area (TPSA) is 60.4 Å². The number of fused-ring (bicyclic) bond motifs is 5. The van der Waals surface area contributed by atoms with Crippen LogP contribution in [0.3, 0.4) is 0 Å². The van der Waals surface area contributed by atoms with Gasteiger partial charge in [0.2, 0.25) is 0 Å². The van der Waals surface area contributed by atoms with Crippen molar-refractivity contribution >= 4 is 32.7 Å². The van der Waals surface area contributed by atoms with Gasteiger partial charge in [-0.2, -0.15) is 0 Å². The van der Waals surface area contributed by atoms with Gasteiger partial charge in [0.1, 0.15) is 11.2 Å². The Morgan fingerprint density at radius 2 is 1.29 bits per heavy atom. The first-order valence-electron chi connectivity index (χ1n) is 7.80. The molecule has 120 valence electrons. The van der Waals surface area contributed by atoms with Gasteiger partial charge in [0, 0.05) is 10.8 Å². The second-order valence-corrected chi connectivity index (χ2v) is 6.23. The summed E-state index contributed by atoms with van der Waals surface area (Å²) in [4.78, 5) is 25.3. The van der Waals surface area contributed by atoms with Crippen LogP contribution in [0, 0.1) is 27.7 Å². The number of rotatable bonds is 0. The molecule has 0 amide bonds. The van der Waals surface area contributed by atoms with E-state index in [9.17, 15) is 9.59 Å². The predicted octanol–water partition coefficient (Wildman–Crippen LogP) is 4.29. The molecule has 4 aromatic rings. The highest BCUT2D eigenvalue weighted by atomic mass is 16.4. The van der Waals surface area contributed by atoms with E-state index in [4.69, 9.17) is 8.83 Å². The van der Waals surface area contributed by atoms with Crippen molar-refractivity contribution in [2.24, 2.45) is 0 Å². The molecule has 0 aliphatic carbocycles. The number of benzene rings is 2. The maximum Gasteiger partial charge on any atom is 0.345 e. The fourth-order valence-corrected chi connectivity index (χ4v) is 3.44. The molecule has 0 fully saturated rings. The van der Waals surface area contributed by atoms with Gasteiger partial charge < -0.3 is 8.83 Å². The monoisotopic (exact) mass is 320 g/mol. The van der Waals surface area contributed by atoms with Crippen LogP contribution in [0.15, 0.2) is 42.7 Å². The molecule has 2 aromatic carbocycles. The predicted molar refractivity (Wildman–Crippen MR) is 95.0 cm³/mol. The Labute approximate surface area is 137 Å². The van der Waals surface area contributed by atoms with Crippen LogP contribution in [0.2, 0.25) is 0 Å². The Kier molecular flexibility index (Phi) is 2.94. The molecule has 0 unspecified atom stereocenters. The van der Waals surface area contributed by atoms with Crippen LogP contribution in [0.4, 0.5) is 0 Å². The molecular weight excluding hydrogens is 304 g/mol. The van der Waals surface area contributed by atoms with E-state index < -0.39 is 11.3 Å². The highest BCUT2D eigenvalue weighted by Crippen LogP contribution is 2.33. The zero-order valence-corrected chi connectivity index (χ0v) is 13.9. The molecule has 0 radical (unpaired) electrons. The second kappa shape index (κ2) is 4.81. The number of aryl methyl sites for hydroxylation is 2. The molecule has 4 heteroatoms. The van der Waals surface area contributed by atoms with E-state index in [0.29, 0.717) is 32.7 Å². The standard InChI is InChI=1S/C20H16O4/c1-9-10(2)12(4)18-15(11(9)3)17-16(19(21)24-18)13-7-5-6-8-14(13)23-20(17)22/h5-8H,1-4H3. The molecule has 4 nitrogen and oxygen atoms in total. The number of hydrogen-bond donors (Lipinski definition) is 0. The maximum absolute atomic E-state index is 12.7. The molecule has 2 heterocycles. The van der Waals surface area contributed by atoms with Crippen LogP contribution in [0.1, 0.15) is 22.3 Å². The first kappa shape index (κ1) is 14.7. The van der Waals surface area contributed by atoms with E-state index >= 15 is 0 Å². The Bertz CT molecular complexity index is 1270. The Hall–Kier alpha value is -2.88. The molecule has 0 saturated heterocycles. The fourth-order valence-electron chi connectivity index (χ4n) is 3.44. The van der Waals surface area contributed by atoms with E-state index in [1.165, 1.54) is 0 Å². The lowest BCUT2D eigenvalue weighted by Gasteiger charge is -2.14. The van der Waals surface area contributed by atoms with Crippen LogP contribution in [-0.2, 0) is 0 Å². The van der Waals surface area contributed by atoms with Crippen molar-refractivity contribution in [1.29, 1.82) is 0 Å². The van der Waals surface area contributed by atoms with E-state index in [1.54, 1.807) is 18.2 Å². The highest BCUT2D eigenvalue weighted by molar-refractivity contribution is 6.14. The minimum Gasteiger partial charge on any atom is -0.422 e. The van der Waals surface area contributed by atoms with Gasteiger partial charge in [-0.1, -0.05) is 18.2 Å². The minimum atomic E-state index is -0.507. The van der Waals surface area contributed by atoms with E-state index in [-0.39, 0.29) is 0 Å². The Morgan fingerprint density at radius 1 is 0.667 bits per heavy atom. The summed E-state index contributed by atoms with van der Waals surface area (Å²) >= 11 is 0. The van der Waals surface area contributed by atoms with E-state index in [2.05, 4.69) is 0 Å². The van der Waals surface area contributed by atoms with Crippen molar-refractivity contribution in [2.75, 3.05) is 0 Å². The van der Waals surface area contributed by atoms with Crippen molar-refractivity contribution in [1.82, 2.24) is 0 Å². The van der Waals surface area contributed by atoms with Crippen molar-refractivity contribution in [2.45, 2.75) is 27.7 Å². The smallest absolute Gasteiger partial charge is 0.345 e. The largest absolute Gasteiger partial charge is 0.422 e. The molecule has 0 spiro atoms. The lowest BCUT2D eigenvalue weighted by molar-refractivity contribution is 0.556. The summed E-state index contributed by atoms with van der Waals surface area (Å²) in [5.41, 5.74) is 3.80. The molecule has 0 saturated carbocycles. The van der Waals surface area contributed by atoms with Gasteiger partial charge in [-0.3, -0.25) is 0 Å². The first-order valence-corrected chi connectivity index (χ1v) is 7.80. The third kappa shape index (κ3) is 1.74. The summed E-state index contributed by atoms with van der Waals surface area (Å²) < 4.78 is 11.1. The van der Waals surface area contributed by atoms with Crippen molar-refractivity contribution in [3.05, 3.63) is 67.4 Å².